The van der Waals surface area contributed by atoms with Gasteiger partial charge in [0.05, 0.1) is 4.92 Å². The second-order valence-corrected chi connectivity index (χ2v) is 8.80. The lowest BCUT2D eigenvalue weighted by Gasteiger charge is -2.41. The maximum atomic E-state index is 12.2. The fourth-order valence-electron chi connectivity index (χ4n) is 3.94. The summed E-state index contributed by atoms with van der Waals surface area (Å²) >= 11 is 0. The van der Waals surface area contributed by atoms with E-state index in [1.165, 1.54) is 12.1 Å². The highest BCUT2D eigenvalue weighted by molar-refractivity contribution is 5.68. The molecule has 2 saturated heterocycles. The van der Waals surface area contributed by atoms with Crippen LogP contribution in [0.4, 0.5) is 10.5 Å². The third-order valence-electron chi connectivity index (χ3n) is 5.46. The molecule has 8 heteroatoms. The van der Waals surface area contributed by atoms with Gasteiger partial charge in [0, 0.05) is 44.4 Å². The minimum absolute atomic E-state index is 0.0740. The number of likely N-dealkylation sites (tertiary alicyclic amines) is 2. The van der Waals surface area contributed by atoms with Gasteiger partial charge in [-0.1, -0.05) is 0 Å². The Hall–Kier alpha value is -2.35. The van der Waals surface area contributed by atoms with Crippen molar-refractivity contribution in [2.75, 3.05) is 26.2 Å². The van der Waals surface area contributed by atoms with Crippen molar-refractivity contribution in [3.63, 3.8) is 0 Å². The third-order valence-corrected chi connectivity index (χ3v) is 5.46. The summed E-state index contributed by atoms with van der Waals surface area (Å²) in [4.78, 5) is 26.9. The molecule has 2 aliphatic heterocycles. The quantitative estimate of drug-likeness (QED) is 0.559. The van der Waals surface area contributed by atoms with E-state index in [1.54, 1.807) is 12.1 Å². The molecule has 0 N–H and O–H groups in total. The van der Waals surface area contributed by atoms with Crippen LogP contribution in [0.2, 0.25) is 0 Å². The highest BCUT2D eigenvalue weighted by Crippen LogP contribution is 2.25. The first-order valence-electron chi connectivity index (χ1n) is 10.3. The molecule has 3 rings (SSSR count). The zero-order chi connectivity index (χ0) is 21.0. The van der Waals surface area contributed by atoms with Crippen LogP contribution < -0.4 is 4.74 Å². The van der Waals surface area contributed by atoms with Gasteiger partial charge in [-0.3, -0.25) is 15.0 Å². The van der Waals surface area contributed by atoms with E-state index in [4.69, 9.17) is 9.47 Å². The number of nitro groups is 1. The standard InChI is InChI=1S/C21H31N3O5/c1-21(2,3)29-20(25)23-12-8-16(9-13-23)22-14-10-19(11-15-22)28-18-6-4-17(5-7-18)24(26)27/h4-7,16,19H,8-15H2,1-3H3. The zero-order valence-electron chi connectivity index (χ0n) is 17.5. The smallest absolute Gasteiger partial charge is 0.410 e. The number of non-ortho nitro benzene ring substituents is 1. The Bertz CT molecular complexity index is 700. The predicted molar refractivity (Wildman–Crippen MR) is 109 cm³/mol. The van der Waals surface area contributed by atoms with Crippen molar-refractivity contribution in [3.05, 3.63) is 34.4 Å². The average molecular weight is 405 g/mol. The molecule has 0 atom stereocenters. The van der Waals surface area contributed by atoms with Crippen LogP contribution in [-0.2, 0) is 4.74 Å². The van der Waals surface area contributed by atoms with Gasteiger partial charge >= 0.3 is 6.09 Å². The number of benzene rings is 1. The summed E-state index contributed by atoms with van der Waals surface area (Å²) in [5.41, 5.74) is -0.385. The molecule has 0 unspecified atom stereocenters. The van der Waals surface area contributed by atoms with E-state index in [0.29, 0.717) is 11.8 Å². The summed E-state index contributed by atoms with van der Waals surface area (Å²) in [5, 5.41) is 10.7. The molecule has 0 aliphatic carbocycles. The number of carbonyl (C=O) groups excluding carboxylic acids is 1. The van der Waals surface area contributed by atoms with E-state index in [1.807, 2.05) is 25.7 Å². The summed E-state index contributed by atoms with van der Waals surface area (Å²) in [6.07, 6.45) is 3.72. The Balaban J connectivity index is 1.41. The molecule has 1 amide bonds. The third kappa shape index (κ3) is 6.06. The maximum absolute atomic E-state index is 12.2. The first-order chi connectivity index (χ1) is 13.7. The van der Waals surface area contributed by atoms with Gasteiger partial charge in [0.15, 0.2) is 0 Å². The number of nitro benzene ring substituents is 1. The van der Waals surface area contributed by atoms with Crippen LogP contribution in [0, 0.1) is 10.1 Å². The van der Waals surface area contributed by atoms with Gasteiger partial charge in [-0.15, -0.1) is 0 Å². The molecule has 0 spiro atoms. The van der Waals surface area contributed by atoms with Gasteiger partial charge in [-0.05, 0) is 58.6 Å². The van der Waals surface area contributed by atoms with Crippen LogP contribution in [-0.4, -0.2) is 64.7 Å². The van der Waals surface area contributed by atoms with Gasteiger partial charge in [0.1, 0.15) is 17.5 Å². The van der Waals surface area contributed by atoms with Crippen LogP contribution in [0.25, 0.3) is 0 Å². The summed E-state index contributed by atoms with van der Waals surface area (Å²) in [6.45, 7) is 9.07. The second kappa shape index (κ2) is 8.98. The lowest BCUT2D eigenvalue weighted by atomic mass is 9.99. The van der Waals surface area contributed by atoms with Crippen molar-refractivity contribution in [1.29, 1.82) is 0 Å². The van der Waals surface area contributed by atoms with Gasteiger partial charge < -0.3 is 14.4 Å². The van der Waals surface area contributed by atoms with E-state index < -0.39 is 10.5 Å². The van der Waals surface area contributed by atoms with E-state index in [9.17, 15) is 14.9 Å². The van der Waals surface area contributed by atoms with Crippen molar-refractivity contribution >= 4 is 11.8 Å². The molecular formula is C21H31N3O5. The van der Waals surface area contributed by atoms with Crippen molar-refractivity contribution in [2.45, 2.75) is 64.2 Å². The van der Waals surface area contributed by atoms with Crippen LogP contribution in [0.1, 0.15) is 46.5 Å². The van der Waals surface area contributed by atoms with E-state index in [-0.39, 0.29) is 17.9 Å². The fourth-order valence-corrected chi connectivity index (χ4v) is 3.94. The molecule has 2 fully saturated rings. The minimum atomic E-state index is -0.459. The molecule has 29 heavy (non-hydrogen) atoms. The average Bonchev–Trinajstić information content (AvgIpc) is 2.68. The van der Waals surface area contributed by atoms with Crippen LogP contribution in [0.3, 0.4) is 0 Å². The van der Waals surface area contributed by atoms with E-state index in [2.05, 4.69) is 4.90 Å². The number of amides is 1. The highest BCUT2D eigenvalue weighted by atomic mass is 16.6. The Kier molecular flexibility index (Phi) is 6.62. The number of rotatable bonds is 4. The first-order valence-corrected chi connectivity index (χ1v) is 10.3. The molecule has 0 aromatic heterocycles. The van der Waals surface area contributed by atoms with Gasteiger partial charge in [-0.25, -0.2) is 4.79 Å². The summed E-state index contributed by atoms with van der Waals surface area (Å²) in [6, 6.07) is 6.77. The zero-order valence-corrected chi connectivity index (χ0v) is 17.5. The molecule has 8 nitrogen and oxygen atoms in total. The SMILES string of the molecule is CC(C)(C)OC(=O)N1CCC(N2CCC(Oc3ccc([N+](=O)[O-])cc3)CC2)CC1. The number of hydrogen-bond donors (Lipinski definition) is 0. The fraction of sp³-hybridized carbons (Fsp3) is 0.667. The van der Waals surface area contributed by atoms with Crippen molar-refractivity contribution in [1.82, 2.24) is 9.80 Å². The largest absolute Gasteiger partial charge is 0.490 e. The Labute approximate surface area is 171 Å². The molecule has 2 aliphatic rings. The lowest BCUT2D eigenvalue weighted by molar-refractivity contribution is -0.384. The monoisotopic (exact) mass is 405 g/mol. The molecule has 160 valence electrons. The molecule has 0 bridgehead atoms. The second-order valence-electron chi connectivity index (χ2n) is 8.80. The molecule has 2 heterocycles. The van der Waals surface area contributed by atoms with Crippen molar-refractivity contribution < 1.29 is 19.2 Å². The molecule has 0 radical (unpaired) electrons. The molecule has 1 aromatic carbocycles. The number of carbonyl (C=O) groups is 1. The van der Waals surface area contributed by atoms with Gasteiger partial charge in [0.25, 0.3) is 5.69 Å². The Morgan fingerprint density at radius 1 is 1.03 bits per heavy atom. The van der Waals surface area contributed by atoms with Gasteiger partial charge in [0.2, 0.25) is 0 Å². The molecular weight excluding hydrogens is 374 g/mol. The maximum Gasteiger partial charge on any atom is 0.410 e. The summed E-state index contributed by atoms with van der Waals surface area (Å²) < 4.78 is 11.5. The molecule has 1 aromatic rings. The van der Waals surface area contributed by atoms with Gasteiger partial charge in [-0.2, -0.15) is 0 Å². The number of ether oxygens (including phenoxy) is 2. The normalized spacial score (nSPS) is 19.8. The Morgan fingerprint density at radius 3 is 2.14 bits per heavy atom. The van der Waals surface area contributed by atoms with Crippen molar-refractivity contribution in [2.24, 2.45) is 0 Å². The lowest BCUT2D eigenvalue weighted by Crippen LogP contribution is -2.50. The molecule has 0 saturated carbocycles. The number of hydrogen-bond acceptors (Lipinski definition) is 6. The van der Waals surface area contributed by atoms with Crippen LogP contribution >= 0.6 is 0 Å². The summed E-state index contributed by atoms with van der Waals surface area (Å²) in [7, 11) is 0. The summed E-state index contributed by atoms with van der Waals surface area (Å²) in [5.74, 6) is 0.680. The van der Waals surface area contributed by atoms with E-state index in [0.717, 1.165) is 51.9 Å². The first kappa shape index (κ1) is 21.4. The number of nitrogens with zero attached hydrogens (tertiary/aromatic N) is 3. The van der Waals surface area contributed by atoms with Crippen molar-refractivity contribution in [3.8, 4) is 5.75 Å². The minimum Gasteiger partial charge on any atom is -0.490 e. The van der Waals surface area contributed by atoms with E-state index >= 15 is 0 Å². The predicted octanol–water partition coefficient (Wildman–Crippen LogP) is 3.84. The van der Waals surface area contributed by atoms with Crippen LogP contribution in [0.5, 0.6) is 5.75 Å². The highest BCUT2D eigenvalue weighted by Gasteiger charge is 2.31. The topological polar surface area (TPSA) is 85.2 Å². The Morgan fingerprint density at radius 2 is 1.62 bits per heavy atom. The number of piperidine rings is 2. The van der Waals surface area contributed by atoms with Crippen LogP contribution in [0.15, 0.2) is 24.3 Å².